The number of hydrogen-bond acceptors (Lipinski definition) is 5. The SMILES string of the molecule is CCC(C)NC(=O)CN1CCN(C(=O)Nc2cccc(COCc3ccc(OC)cc3)c2)CC1. The van der Waals surface area contributed by atoms with Crippen LogP contribution >= 0.6 is 0 Å². The summed E-state index contributed by atoms with van der Waals surface area (Å²) in [6, 6.07) is 15.5. The van der Waals surface area contributed by atoms with Crippen molar-refractivity contribution in [2.45, 2.75) is 39.5 Å². The van der Waals surface area contributed by atoms with E-state index < -0.39 is 0 Å². The molecular formula is C26H36N4O4. The molecule has 1 fully saturated rings. The highest BCUT2D eigenvalue weighted by Gasteiger charge is 2.22. The van der Waals surface area contributed by atoms with Crippen molar-refractivity contribution in [3.63, 3.8) is 0 Å². The largest absolute Gasteiger partial charge is 0.497 e. The van der Waals surface area contributed by atoms with Crippen LogP contribution in [0.5, 0.6) is 5.75 Å². The highest BCUT2D eigenvalue weighted by molar-refractivity contribution is 5.89. The zero-order chi connectivity index (χ0) is 24.3. The van der Waals surface area contributed by atoms with Crippen LogP contribution in [0, 0.1) is 0 Å². The van der Waals surface area contributed by atoms with Gasteiger partial charge in [0, 0.05) is 37.9 Å². The van der Waals surface area contributed by atoms with E-state index in [9.17, 15) is 9.59 Å². The molecule has 0 saturated carbocycles. The molecule has 2 aromatic rings. The van der Waals surface area contributed by atoms with Crippen molar-refractivity contribution < 1.29 is 19.1 Å². The van der Waals surface area contributed by atoms with Crippen molar-refractivity contribution >= 4 is 17.6 Å². The summed E-state index contributed by atoms with van der Waals surface area (Å²) in [5, 5.41) is 5.97. The van der Waals surface area contributed by atoms with Crippen molar-refractivity contribution in [3.8, 4) is 5.75 Å². The number of urea groups is 1. The summed E-state index contributed by atoms with van der Waals surface area (Å²) in [5.41, 5.74) is 2.80. The Bertz CT molecular complexity index is 927. The summed E-state index contributed by atoms with van der Waals surface area (Å²) in [7, 11) is 1.65. The number of piperazine rings is 1. The van der Waals surface area contributed by atoms with Gasteiger partial charge in [-0.3, -0.25) is 9.69 Å². The molecule has 184 valence electrons. The molecule has 8 heteroatoms. The van der Waals surface area contributed by atoms with Gasteiger partial charge in [0.2, 0.25) is 5.91 Å². The van der Waals surface area contributed by atoms with E-state index in [0.717, 1.165) is 29.0 Å². The number of rotatable bonds is 10. The Morgan fingerprint density at radius 2 is 1.71 bits per heavy atom. The molecule has 3 rings (SSSR count). The zero-order valence-electron chi connectivity index (χ0n) is 20.4. The lowest BCUT2D eigenvalue weighted by atomic mass is 10.2. The van der Waals surface area contributed by atoms with Crippen LogP contribution in [0.15, 0.2) is 48.5 Å². The summed E-state index contributed by atoms with van der Waals surface area (Å²) >= 11 is 0. The van der Waals surface area contributed by atoms with Crippen LogP contribution in [0.1, 0.15) is 31.4 Å². The lowest BCUT2D eigenvalue weighted by molar-refractivity contribution is -0.123. The van der Waals surface area contributed by atoms with Crippen LogP contribution in [0.2, 0.25) is 0 Å². The van der Waals surface area contributed by atoms with Crippen LogP contribution in [0.25, 0.3) is 0 Å². The van der Waals surface area contributed by atoms with Gasteiger partial charge in [0.15, 0.2) is 0 Å². The molecule has 3 amide bonds. The minimum absolute atomic E-state index is 0.0401. The number of nitrogens with one attached hydrogen (secondary N) is 2. The Morgan fingerprint density at radius 1 is 1.00 bits per heavy atom. The summed E-state index contributed by atoms with van der Waals surface area (Å²) in [6.07, 6.45) is 0.912. The normalized spacial score (nSPS) is 15.0. The Hall–Kier alpha value is -3.10. The van der Waals surface area contributed by atoms with Gasteiger partial charge in [-0.2, -0.15) is 0 Å². The molecular weight excluding hydrogens is 432 g/mol. The molecule has 1 saturated heterocycles. The van der Waals surface area contributed by atoms with Crippen LogP contribution in [-0.4, -0.2) is 67.6 Å². The molecule has 0 aromatic heterocycles. The Kier molecular flexibility index (Phi) is 9.73. The van der Waals surface area contributed by atoms with E-state index >= 15 is 0 Å². The molecule has 34 heavy (non-hydrogen) atoms. The van der Waals surface area contributed by atoms with Crippen molar-refractivity contribution in [3.05, 3.63) is 59.7 Å². The molecule has 0 radical (unpaired) electrons. The fraction of sp³-hybridized carbons (Fsp3) is 0.462. The molecule has 2 aromatic carbocycles. The van der Waals surface area contributed by atoms with E-state index in [1.165, 1.54) is 0 Å². The smallest absolute Gasteiger partial charge is 0.321 e. The monoisotopic (exact) mass is 468 g/mol. The van der Waals surface area contributed by atoms with Crippen LogP contribution in [-0.2, 0) is 22.7 Å². The molecule has 1 heterocycles. The standard InChI is InChI=1S/C26H36N4O4/c1-4-20(2)27-25(31)17-29-12-14-30(15-13-29)26(32)28-23-7-5-6-22(16-23)19-34-18-21-8-10-24(33-3)11-9-21/h5-11,16,20H,4,12-15,17-19H2,1-3H3,(H,27,31)(H,28,32). The first-order valence-electron chi connectivity index (χ1n) is 11.8. The van der Waals surface area contributed by atoms with Gasteiger partial charge < -0.3 is 25.0 Å². The third kappa shape index (κ3) is 8.04. The van der Waals surface area contributed by atoms with Gasteiger partial charge in [-0.25, -0.2) is 4.79 Å². The number of nitrogens with zero attached hydrogens (tertiary/aromatic N) is 2. The maximum Gasteiger partial charge on any atom is 0.321 e. The van der Waals surface area contributed by atoms with Gasteiger partial charge in [0.1, 0.15) is 5.75 Å². The lowest BCUT2D eigenvalue weighted by Crippen LogP contribution is -2.52. The number of methoxy groups -OCH3 is 1. The van der Waals surface area contributed by atoms with Crippen LogP contribution in [0.4, 0.5) is 10.5 Å². The molecule has 2 N–H and O–H groups in total. The highest BCUT2D eigenvalue weighted by atomic mass is 16.5. The number of carbonyl (C=O) groups is 2. The van der Waals surface area contributed by atoms with E-state index in [1.807, 2.05) is 62.4 Å². The number of benzene rings is 2. The Balaban J connectivity index is 1.41. The van der Waals surface area contributed by atoms with Crippen LogP contribution < -0.4 is 15.4 Å². The Labute approximate surface area is 202 Å². The number of amides is 3. The summed E-state index contributed by atoms with van der Waals surface area (Å²) < 4.78 is 11.0. The van der Waals surface area contributed by atoms with E-state index in [4.69, 9.17) is 9.47 Å². The first-order valence-corrected chi connectivity index (χ1v) is 11.8. The van der Waals surface area contributed by atoms with E-state index in [0.29, 0.717) is 45.9 Å². The molecule has 0 bridgehead atoms. The quantitative estimate of drug-likeness (QED) is 0.558. The topological polar surface area (TPSA) is 83.1 Å². The van der Waals surface area contributed by atoms with E-state index in [-0.39, 0.29) is 18.0 Å². The third-order valence-corrected chi connectivity index (χ3v) is 5.92. The molecule has 1 aliphatic heterocycles. The lowest BCUT2D eigenvalue weighted by Gasteiger charge is -2.34. The average molecular weight is 469 g/mol. The molecule has 1 unspecified atom stereocenters. The predicted octanol–water partition coefficient (Wildman–Crippen LogP) is 3.48. The fourth-order valence-electron chi connectivity index (χ4n) is 3.68. The summed E-state index contributed by atoms with van der Waals surface area (Å²) in [6.45, 7) is 7.92. The number of carbonyl (C=O) groups excluding carboxylic acids is 2. The first-order chi connectivity index (χ1) is 16.5. The van der Waals surface area contributed by atoms with Gasteiger partial charge in [0.05, 0.1) is 26.9 Å². The fourth-order valence-corrected chi connectivity index (χ4v) is 3.68. The van der Waals surface area contributed by atoms with Gasteiger partial charge in [0.25, 0.3) is 0 Å². The number of anilines is 1. The molecule has 0 spiro atoms. The van der Waals surface area contributed by atoms with E-state index in [2.05, 4.69) is 15.5 Å². The third-order valence-electron chi connectivity index (χ3n) is 5.92. The van der Waals surface area contributed by atoms with Crippen molar-refractivity contribution in [1.29, 1.82) is 0 Å². The highest BCUT2D eigenvalue weighted by Crippen LogP contribution is 2.16. The average Bonchev–Trinajstić information content (AvgIpc) is 2.85. The number of hydrogen-bond donors (Lipinski definition) is 2. The maximum absolute atomic E-state index is 12.7. The van der Waals surface area contributed by atoms with E-state index in [1.54, 1.807) is 12.0 Å². The van der Waals surface area contributed by atoms with Crippen molar-refractivity contribution in [1.82, 2.24) is 15.1 Å². The number of ether oxygens (including phenoxy) is 2. The minimum Gasteiger partial charge on any atom is -0.497 e. The van der Waals surface area contributed by atoms with Gasteiger partial charge >= 0.3 is 6.03 Å². The predicted molar refractivity (Wildman–Crippen MR) is 133 cm³/mol. The molecule has 0 aliphatic carbocycles. The van der Waals surface area contributed by atoms with Crippen molar-refractivity contribution in [2.75, 3.05) is 45.2 Å². The zero-order valence-corrected chi connectivity index (χ0v) is 20.4. The van der Waals surface area contributed by atoms with Gasteiger partial charge in [-0.15, -0.1) is 0 Å². The molecule has 1 aliphatic rings. The Morgan fingerprint density at radius 3 is 2.38 bits per heavy atom. The van der Waals surface area contributed by atoms with Crippen LogP contribution in [0.3, 0.4) is 0 Å². The second-order valence-electron chi connectivity index (χ2n) is 8.61. The summed E-state index contributed by atoms with van der Waals surface area (Å²) in [5.74, 6) is 0.860. The summed E-state index contributed by atoms with van der Waals surface area (Å²) in [4.78, 5) is 28.7. The second-order valence-corrected chi connectivity index (χ2v) is 8.61. The van der Waals surface area contributed by atoms with Gasteiger partial charge in [-0.1, -0.05) is 31.2 Å². The van der Waals surface area contributed by atoms with Gasteiger partial charge in [-0.05, 0) is 48.7 Å². The maximum atomic E-state index is 12.7. The minimum atomic E-state index is -0.125. The van der Waals surface area contributed by atoms with Crippen molar-refractivity contribution in [2.24, 2.45) is 0 Å². The first kappa shape index (κ1) is 25.5. The second kappa shape index (κ2) is 13.0. The molecule has 8 nitrogen and oxygen atoms in total. The molecule has 1 atom stereocenters.